The Bertz CT molecular complexity index is 163. The van der Waals surface area contributed by atoms with E-state index in [1.54, 1.807) is 13.2 Å². The van der Waals surface area contributed by atoms with Gasteiger partial charge in [0.05, 0.1) is 6.61 Å². The summed E-state index contributed by atoms with van der Waals surface area (Å²) in [6.07, 6.45) is 1.61. The number of rotatable bonds is 4. The van der Waals surface area contributed by atoms with E-state index in [2.05, 4.69) is 18.3 Å². The molecule has 0 saturated heterocycles. The van der Waals surface area contributed by atoms with E-state index in [9.17, 15) is 0 Å². The number of halogens is 1. The summed E-state index contributed by atoms with van der Waals surface area (Å²) >= 11 is 5.51. The molecule has 56 valence electrons. The van der Waals surface area contributed by atoms with Crippen LogP contribution in [0.25, 0.3) is 0 Å². The van der Waals surface area contributed by atoms with E-state index in [1.165, 1.54) is 0 Å². The quantitative estimate of drug-likeness (QED) is 0.349. The zero-order valence-corrected chi connectivity index (χ0v) is 6.69. The van der Waals surface area contributed by atoms with E-state index in [0.29, 0.717) is 11.8 Å². The molecule has 0 aromatic rings. The van der Waals surface area contributed by atoms with Crippen molar-refractivity contribution in [1.82, 2.24) is 0 Å². The van der Waals surface area contributed by atoms with Gasteiger partial charge in [0.15, 0.2) is 0 Å². The van der Waals surface area contributed by atoms with Crippen LogP contribution in [0.5, 0.6) is 0 Å². The molecule has 0 spiro atoms. The Balaban J connectivity index is 3.86. The fraction of sp³-hybridized carbons (Fsp3) is 0.286. The minimum Gasteiger partial charge on any atom is -0.380 e. The van der Waals surface area contributed by atoms with Gasteiger partial charge in [0.25, 0.3) is 0 Å². The molecule has 2 nitrogen and oxygen atoms in total. The van der Waals surface area contributed by atoms with Crippen molar-refractivity contribution in [3.8, 4) is 0 Å². The lowest BCUT2D eigenvalue weighted by Gasteiger charge is -1.95. The van der Waals surface area contributed by atoms with Crippen molar-refractivity contribution < 1.29 is 4.74 Å². The maximum Gasteiger partial charge on any atom is 0.128 e. The molecule has 0 atom stereocenters. The summed E-state index contributed by atoms with van der Waals surface area (Å²) in [5.74, 6) is 0. The topological polar surface area (TPSA) is 21.6 Å². The van der Waals surface area contributed by atoms with Crippen molar-refractivity contribution in [1.29, 1.82) is 0 Å². The maximum atomic E-state index is 5.51. The Labute approximate surface area is 65.9 Å². The Hall–Kier alpha value is -0.600. The predicted molar refractivity (Wildman–Crippen MR) is 44.5 cm³/mol. The molecular weight excluding hydrogens is 150 g/mol. The van der Waals surface area contributed by atoms with Crippen LogP contribution in [0.3, 0.4) is 0 Å². The molecule has 0 bridgehead atoms. The van der Waals surface area contributed by atoms with Crippen molar-refractivity contribution in [2.45, 2.75) is 0 Å². The highest BCUT2D eigenvalue weighted by Crippen LogP contribution is 2.05. The third-order valence-corrected chi connectivity index (χ3v) is 1.03. The van der Waals surface area contributed by atoms with Gasteiger partial charge in [-0.1, -0.05) is 18.2 Å². The lowest BCUT2D eigenvalue weighted by molar-refractivity contribution is 0.228. The van der Waals surface area contributed by atoms with Gasteiger partial charge in [0.1, 0.15) is 5.16 Å². The molecule has 0 N–H and O–H groups in total. The molecule has 0 aliphatic rings. The largest absolute Gasteiger partial charge is 0.380 e. The second kappa shape index (κ2) is 5.21. The van der Waals surface area contributed by atoms with Crippen molar-refractivity contribution in [3.05, 3.63) is 23.4 Å². The second-order valence-corrected chi connectivity index (χ2v) is 2.10. The average molecular weight is 160 g/mol. The molecule has 0 unspecified atom stereocenters. The molecule has 10 heavy (non-hydrogen) atoms. The van der Waals surface area contributed by atoms with Crippen molar-refractivity contribution in [2.24, 2.45) is 4.99 Å². The second-order valence-electron chi connectivity index (χ2n) is 1.72. The number of aliphatic imine (C=N–C) groups is 1. The number of hydrogen-bond acceptors (Lipinski definition) is 2. The van der Waals surface area contributed by atoms with Crippen LogP contribution in [-0.4, -0.2) is 20.4 Å². The average Bonchev–Trinajstić information content (AvgIpc) is 1.88. The van der Waals surface area contributed by atoms with Crippen LogP contribution in [0, 0.1) is 0 Å². The van der Waals surface area contributed by atoms with E-state index < -0.39 is 0 Å². The number of methoxy groups -OCH3 is 1. The number of nitrogens with zero attached hydrogens (tertiary/aromatic N) is 1. The summed E-state index contributed by atoms with van der Waals surface area (Å²) in [6, 6.07) is 0. The SMILES string of the molecule is C=N/C(Cl)=C\C(=C)COC. The molecule has 0 saturated carbocycles. The first-order valence-corrected chi connectivity index (χ1v) is 3.09. The van der Waals surface area contributed by atoms with E-state index in [1.807, 2.05) is 0 Å². The molecule has 0 amide bonds. The molecule has 3 heteroatoms. The van der Waals surface area contributed by atoms with E-state index in [0.717, 1.165) is 5.57 Å². The van der Waals surface area contributed by atoms with Crippen LogP contribution < -0.4 is 0 Å². The van der Waals surface area contributed by atoms with Gasteiger partial charge in [0.2, 0.25) is 0 Å². The minimum atomic E-state index is 0.335. The Morgan fingerprint density at radius 2 is 2.40 bits per heavy atom. The summed E-state index contributed by atoms with van der Waals surface area (Å²) in [5.41, 5.74) is 0.778. The van der Waals surface area contributed by atoms with Crippen LogP contribution in [0.4, 0.5) is 0 Å². The summed E-state index contributed by atoms with van der Waals surface area (Å²) < 4.78 is 4.78. The molecular formula is C7H10ClNO. The zero-order chi connectivity index (χ0) is 7.98. The predicted octanol–water partition coefficient (Wildman–Crippen LogP) is 1.97. The molecule has 0 fully saturated rings. The van der Waals surface area contributed by atoms with Gasteiger partial charge >= 0.3 is 0 Å². The molecule has 0 radical (unpaired) electrons. The highest BCUT2D eigenvalue weighted by molar-refractivity contribution is 6.29. The maximum absolute atomic E-state index is 5.51. The molecule has 0 aromatic heterocycles. The smallest absolute Gasteiger partial charge is 0.128 e. The normalized spacial score (nSPS) is 11.2. The van der Waals surface area contributed by atoms with Gasteiger partial charge in [-0.2, -0.15) is 0 Å². The molecule has 0 aromatic carbocycles. The van der Waals surface area contributed by atoms with Crippen molar-refractivity contribution in [2.75, 3.05) is 13.7 Å². The van der Waals surface area contributed by atoms with Crippen molar-refractivity contribution >= 4 is 18.3 Å². The third kappa shape index (κ3) is 4.30. The van der Waals surface area contributed by atoms with Gasteiger partial charge in [-0.15, -0.1) is 0 Å². The fourth-order valence-electron chi connectivity index (χ4n) is 0.441. The summed E-state index contributed by atoms with van der Waals surface area (Å²) in [7, 11) is 1.59. The van der Waals surface area contributed by atoms with Gasteiger partial charge in [-0.05, 0) is 18.4 Å². The summed E-state index contributed by atoms with van der Waals surface area (Å²) in [6.45, 7) is 7.36. The summed E-state index contributed by atoms with van der Waals surface area (Å²) in [4.78, 5) is 3.47. The summed E-state index contributed by atoms with van der Waals surface area (Å²) in [5, 5.41) is 0.335. The first-order valence-electron chi connectivity index (χ1n) is 2.71. The van der Waals surface area contributed by atoms with Crippen LogP contribution >= 0.6 is 11.6 Å². The standard InChI is InChI=1S/C7H10ClNO/c1-6(5-10-3)4-7(8)9-2/h4H,1-2,5H2,3H3/b7-4-. The van der Waals surface area contributed by atoms with E-state index in [4.69, 9.17) is 16.3 Å². The first kappa shape index (κ1) is 9.40. The minimum absolute atomic E-state index is 0.335. The third-order valence-electron chi connectivity index (χ3n) is 0.804. The molecule has 0 aliphatic carbocycles. The van der Waals surface area contributed by atoms with Gasteiger partial charge in [-0.25, -0.2) is 0 Å². The highest BCUT2D eigenvalue weighted by atomic mass is 35.5. The zero-order valence-electron chi connectivity index (χ0n) is 5.93. The number of hydrogen-bond donors (Lipinski definition) is 0. The van der Waals surface area contributed by atoms with Crippen LogP contribution in [0.2, 0.25) is 0 Å². The van der Waals surface area contributed by atoms with Crippen LogP contribution in [0.1, 0.15) is 0 Å². The lowest BCUT2D eigenvalue weighted by atomic mass is 10.3. The Kier molecular flexibility index (Phi) is 4.89. The van der Waals surface area contributed by atoms with Gasteiger partial charge < -0.3 is 4.74 Å². The number of ether oxygens (including phenoxy) is 1. The van der Waals surface area contributed by atoms with E-state index in [-0.39, 0.29) is 0 Å². The molecule has 0 heterocycles. The first-order chi connectivity index (χ1) is 4.70. The monoisotopic (exact) mass is 159 g/mol. The Morgan fingerprint density at radius 3 is 2.80 bits per heavy atom. The molecule has 0 rings (SSSR count). The fourth-order valence-corrected chi connectivity index (χ4v) is 0.595. The highest BCUT2D eigenvalue weighted by Gasteiger charge is 1.89. The van der Waals surface area contributed by atoms with Gasteiger partial charge in [0, 0.05) is 7.11 Å². The van der Waals surface area contributed by atoms with Crippen LogP contribution in [-0.2, 0) is 4.74 Å². The lowest BCUT2D eigenvalue weighted by Crippen LogP contribution is -1.88. The molecule has 0 aliphatic heterocycles. The van der Waals surface area contributed by atoms with E-state index >= 15 is 0 Å². The Morgan fingerprint density at radius 1 is 1.80 bits per heavy atom. The van der Waals surface area contributed by atoms with Crippen molar-refractivity contribution in [3.63, 3.8) is 0 Å². The van der Waals surface area contributed by atoms with Gasteiger partial charge in [-0.3, -0.25) is 4.99 Å². The van der Waals surface area contributed by atoms with Crippen LogP contribution in [0.15, 0.2) is 28.4 Å².